The van der Waals surface area contributed by atoms with Crippen LogP contribution in [0.4, 0.5) is 0 Å². The molecule has 0 radical (unpaired) electrons. The number of hydrogen-bond donors (Lipinski definition) is 1. The van der Waals surface area contributed by atoms with Gasteiger partial charge in [0.05, 0.1) is 19.9 Å². The first-order valence-corrected chi connectivity index (χ1v) is 7.04. The predicted molar refractivity (Wildman–Crippen MR) is 82.0 cm³/mol. The van der Waals surface area contributed by atoms with E-state index >= 15 is 0 Å². The largest absolute Gasteiger partial charge is 0.497 e. The van der Waals surface area contributed by atoms with Gasteiger partial charge >= 0.3 is 0 Å². The predicted octanol–water partition coefficient (Wildman–Crippen LogP) is 3.15. The number of benzene rings is 1. The van der Waals surface area contributed by atoms with Crippen LogP contribution in [0.5, 0.6) is 11.5 Å². The molecule has 106 valence electrons. The summed E-state index contributed by atoms with van der Waals surface area (Å²) in [7, 11) is 3.31. The zero-order valence-electron chi connectivity index (χ0n) is 11.5. The molecule has 0 aliphatic carbocycles. The Kier molecular flexibility index (Phi) is 5.38. The van der Waals surface area contributed by atoms with Crippen molar-refractivity contribution in [2.45, 2.75) is 13.1 Å². The first-order chi connectivity index (χ1) is 9.72. The van der Waals surface area contributed by atoms with Gasteiger partial charge in [-0.1, -0.05) is 6.07 Å². The Labute approximate surface area is 127 Å². The lowest BCUT2D eigenvalue weighted by molar-refractivity contribution is 0.389. The third-order valence-corrected chi connectivity index (χ3v) is 3.37. The van der Waals surface area contributed by atoms with Crippen LogP contribution in [0.15, 0.2) is 41.0 Å². The fourth-order valence-electron chi connectivity index (χ4n) is 1.83. The van der Waals surface area contributed by atoms with E-state index in [1.165, 1.54) is 0 Å². The monoisotopic (exact) mass is 336 g/mol. The van der Waals surface area contributed by atoms with Gasteiger partial charge in [-0.3, -0.25) is 4.98 Å². The molecule has 0 aliphatic heterocycles. The summed E-state index contributed by atoms with van der Waals surface area (Å²) < 4.78 is 11.5. The minimum Gasteiger partial charge on any atom is -0.497 e. The molecule has 1 heterocycles. The molecule has 1 N–H and O–H groups in total. The van der Waals surface area contributed by atoms with Gasteiger partial charge in [0.1, 0.15) is 11.5 Å². The molecular weight excluding hydrogens is 320 g/mol. The van der Waals surface area contributed by atoms with E-state index in [9.17, 15) is 0 Å². The summed E-state index contributed by atoms with van der Waals surface area (Å²) in [6.45, 7) is 1.42. The second-order valence-electron chi connectivity index (χ2n) is 4.25. The van der Waals surface area contributed by atoms with Crippen LogP contribution in [0.1, 0.15) is 11.3 Å². The van der Waals surface area contributed by atoms with Gasteiger partial charge < -0.3 is 14.8 Å². The third kappa shape index (κ3) is 3.95. The van der Waals surface area contributed by atoms with Gasteiger partial charge in [0.15, 0.2) is 0 Å². The number of rotatable bonds is 6. The maximum atomic E-state index is 5.36. The minimum absolute atomic E-state index is 0.711. The van der Waals surface area contributed by atoms with E-state index in [0.29, 0.717) is 13.1 Å². The van der Waals surface area contributed by atoms with Crippen LogP contribution < -0.4 is 14.8 Å². The molecule has 4 nitrogen and oxygen atoms in total. The molecule has 2 rings (SSSR count). The lowest BCUT2D eigenvalue weighted by atomic mass is 10.2. The number of halogens is 1. The average molecular weight is 337 g/mol. The Balaban J connectivity index is 1.95. The van der Waals surface area contributed by atoms with Crippen LogP contribution in [0.2, 0.25) is 0 Å². The number of nitrogens with one attached hydrogen (secondary N) is 1. The number of ether oxygens (including phenoxy) is 2. The van der Waals surface area contributed by atoms with Crippen LogP contribution in [-0.4, -0.2) is 19.2 Å². The summed E-state index contributed by atoms with van der Waals surface area (Å²) >= 11 is 3.37. The Morgan fingerprint density at radius 1 is 1.10 bits per heavy atom. The van der Waals surface area contributed by atoms with Gasteiger partial charge in [-0.05, 0) is 34.1 Å². The van der Waals surface area contributed by atoms with E-state index in [2.05, 4.69) is 26.2 Å². The van der Waals surface area contributed by atoms with E-state index in [-0.39, 0.29) is 0 Å². The molecule has 0 spiro atoms. The van der Waals surface area contributed by atoms with Crippen molar-refractivity contribution in [3.63, 3.8) is 0 Å². The van der Waals surface area contributed by atoms with Gasteiger partial charge in [0.25, 0.3) is 0 Å². The number of nitrogens with zero attached hydrogens (tertiary/aromatic N) is 1. The summed E-state index contributed by atoms with van der Waals surface area (Å²) in [5.41, 5.74) is 2.09. The molecule has 1 aromatic carbocycles. The van der Waals surface area contributed by atoms with Crippen molar-refractivity contribution in [3.8, 4) is 11.5 Å². The molecule has 0 aliphatic rings. The standard InChI is InChI=1S/C15H17BrN2O2/c1-19-14-6-3-11(15(7-14)20-2)8-17-10-13-5-4-12(16)9-18-13/h3-7,9,17H,8,10H2,1-2H3. The molecule has 0 atom stereocenters. The van der Waals surface area contributed by atoms with Gasteiger partial charge in [0, 0.05) is 35.4 Å². The van der Waals surface area contributed by atoms with Gasteiger partial charge in [-0.2, -0.15) is 0 Å². The van der Waals surface area contributed by atoms with Crippen LogP contribution in [0.25, 0.3) is 0 Å². The highest BCUT2D eigenvalue weighted by Crippen LogP contribution is 2.24. The second kappa shape index (κ2) is 7.26. The van der Waals surface area contributed by atoms with Crippen molar-refractivity contribution in [1.29, 1.82) is 0 Å². The van der Waals surface area contributed by atoms with E-state index in [1.54, 1.807) is 20.4 Å². The van der Waals surface area contributed by atoms with Crippen molar-refractivity contribution < 1.29 is 9.47 Å². The second-order valence-corrected chi connectivity index (χ2v) is 5.16. The summed E-state index contributed by atoms with van der Waals surface area (Å²) in [5.74, 6) is 1.61. The molecule has 0 saturated carbocycles. The normalized spacial score (nSPS) is 10.3. The maximum absolute atomic E-state index is 5.36. The molecular formula is C15H17BrN2O2. The van der Waals surface area contributed by atoms with Crippen molar-refractivity contribution in [1.82, 2.24) is 10.3 Å². The molecule has 0 unspecified atom stereocenters. The van der Waals surface area contributed by atoms with Crippen molar-refractivity contribution in [2.24, 2.45) is 0 Å². The highest BCUT2D eigenvalue weighted by molar-refractivity contribution is 9.10. The third-order valence-electron chi connectivity index (χ3n) is 2.90. The first-order valence-electron chi connectivity index (χ1n) is 6.25. The van der Waals surface area contributed by atoms with Crippen molar-refractivity contribution in [2.75, 3.05) is 14.2 Å². The minimum atomic E-state index is 0.711. The van der Waals surface area contributed by atoms with Crippen LogP contribution in [0.3, 0.4) is 0 Å². The molecule has 1 aromatic heterocycles. The molecule has 20 heavy (non-hydrogen) atoms. The smallest absolute Gasteiger partial charge is 0.127 e. The summed E-state index contributed by atoms with van der Waals surface area (Å²) in [4.78, 5) is 4.32. The summed E-state index contributed by atoms with van der Waals surface area (Å²) in [6.07, 6.45) is 1.80. The van der Waals surface area contributed by atoms with Gasteiger partial charge in [-0.25, -0.2) is 0 Å². The molecule has 5 heteroatoms. The zero-order chi connectivity index (χ0) is 14.4. The van der Waals surface area contributed by atoms with Crippen LogP contribution in [-0.2, 0) is 13.1 Å². The Bertz CT molecular complexity index is 558. The fraction of sp³-hybridized carbons (Fsp3) is 0.267. The van der Waals surface area contributed by atoms with E-state index in [1.807, 2.05) is 30.3 Å². The molecule has 0 saturated heterocycles. The summed E-state index contributed by atoms with van der Waals surface area (Å²) in [5, 5.41) is 3.35. The number of methoxy groups -OCH3 is 2. The quantitative estimate of drug-likeness (QED) is 0.879. The average Bonchev–Trinajstić information content (AvgIpc) is 2.49. The zero-order valence-corrected chi connectivity index (χ0v) is 13.1. The van der Waals surface area contributed by atoms with Crippen molar-refractivity contribution in [3.05, 3.63) is 52.3 Å². The highest BCUT2D eigenvalue weighted by atomic mass is 79.9. The SMILES string of the molecule is COc1ccc(CNCc2ccc(Br)cn2)c(OC)c1. The van der Waals surface area contributed by atoms with E-state index in [0.717, 1.165) is 27.2 Å². The fourth-order valence-corrected chi connectivity index (χ4v) is 2.07. The Morgan fingerprint density at radius 2 is 1.95 bits per heavy atom. The number of hydrogen-bond acceptors (Lipinski definition) is 4. The molecule has 0 fully saturated rings. The number of pyridine rings is 1. The summed E-state index contributed by atoms with van der Waals surface area (Å²) in [6, 6.07) is 9.78. The molecule has 0 amide bonds. The number of aromatic nitrogens is 1. The van der Waals surface area contributed by atoms with Gasteiger partial charge in [0.2, 0.25) is 0 Å². The topological polar surface area (TPSA) is 43.4 Å². The van der Waals surface area contributed by atoms with Crippen LogP contribution >= 0.6 is 15.9 Å². The Morgan fingerprint density at radius 3 is 2.60 bits per heavy atom. The van der Waals surface area contributed by atoms with Gasteiger partial charge in [-0.15, -0.1) is 0 Å². The first kappa shape index (κ1) is 14.8. The Hall–Kier alpha value is -1.59. The maximum Gasteiger partial charge on any atom is 0.127 e. The van der Waals surface area contributed by atoms with E-state index in [4.69, 9.17) is 9.47 Å². The van der Waals surface area contributed by atoms with E-state index < -0.39 is 0 Å². The highest BCUT2D eigenvalue weighted by Gasteiger charge is 2.04. The van der Waals surface area contributed by atoms with Crippen molar-refractivity contribution >= 4 is 15.9 Å². The lowest BCUT2D eigenvalue weighted by Gasteiger charge is -2.11. The lowest BCUT2D eigenvalue weighted by Crippen LogP contribution is -2.14. The molecule has 2 aromatic rings. The molecule has 0 bridgehead atoms. The van der Waals surface area contributed by atoms with Crippen LogP contribution in [0, 0.1) is 0 Å².